The minimum absolute atomic E-state index is 0.146. The van der Waals surface area contributed by atoms with Crippen molar-refractivity contribution in [2.75, 3.05) is 20.2 Å². The maximum atomic E-state index is 12.3. The Balaban J connectivity index is 1.45. The van der Waals surface area contributed by atoms with Crippen LogP contribution in [-0.4, -0.2) is 32.8 Å². The van der Waals surface area contributed by atoms with Gasteiger partial charge >= 0.3 is 6.61 Å². The number of nitrogens with zero attached hydrogens (tertiary/aromatic N) is 1. The lowest BCUT2D eigenvalue weighted by atomic mass is 10.1. The highest BCUT2D eigenvalue weighted by molar-refractivity contribution is 5.79. The summed E-state index contributed by atoms with van der Waals surface area (Å²) in [6.45, 7) is -0.880. The molecule has 0 spiro atoms. The van der Waals surface area contributed by atoms with Gasteiger partial charge in [-0.15, -0.1) is 0 Å². The van der Waals surface area contributed by atoms with E-state index >= 15 is 0 Å². The van der Waals surface area contributed by atoms with E-state index in [0.29, 0.717) is 12.5 Å². The third kappa shape index (κ3) is 5.57. The van der Waals surface area contributed by atoms with Crippen molar-refractivity contribution in [2.24, 2.45) is 4.99 Å². The van der Waals surface area contributed by atoms with Gasteiger partial charge in [-0.1, -0.05) is 24.3 Å². The summed E-state index contributed by atoms with van der Waals surface area (Å²) in [5, 5.41) is 6.43. The van der Waals surface area contributed by atoms with E-state index in [4.69, 9.17) is 4.74 Å². The molecule has 2 aromatic carbocycles. The number of guanidine groups is 1. The van der Waals surface area contributed by atoms with E-state index in [-0.39, 0.29) is 5.75 Å². The van der Waals surface area contributed by atoms with Crippen molar-refractivity contribution in [1.29, 1.82) is 0 Å². The van der Waals surface area contributed by atoms with Gasteiger partial charge in [0.15, 0.2) is 5.96 Å². The lowest BCUT2D eigenvalue weighted by Gasteiger charge is -2.13. The van der Waals surface area contributed by atoms with Crippen LogP contribution in [0.15, 0.2) is 47.5 Å². The summed E-state index contributed by atoms with van der Waals surface area (Å²) in [5.74, 6) is 1.79. The van der Waals surface area contributed by atoms with Crippen molar-refractivity contribution in [3.63, 3.8) is 0 Å². The first-order chi connectivity index (χ1) is 13.1. The van der Waals surface area contributed by atoms with Gasteiger partial charge in [-0.05, 0) is 41.3 Å². The number of hydrogen-bond donors (Lipinski definition) is 2. The second-order valence-corrected chi connectivity index (χ2v) is 6.17. The van der Waals surface area contributed by atoms with Gasteiger partial charge in [0, 0.05) is 26.6 Å². The fraction of sp³-hybridized carbons (Fsp3) is 0.350. The van der Waals surface area contributed by atoms with Crippen LogP contribution in [-0.2, 0) is 19.4 Å². The van der Waals surface area contributed by atoms with E-state index in [2.05, 4.69) is 32.5 Å². The highest BCUT2D eigenvalue weighted by Crippen LogP contribution is 2.25. The topological polar surface area (TPSA) is 54.9 Å². The average Bonchev–Trinajstić information content (AvgIpc) is 3.12. The van der Waals surface area contributed by atoms with Crippen LogP contribution < -0.4 is 20.1 Å². The normalized spacial score (nSPS) is 13.3. The minimum atomic E-state index is -2.83. The van der Waals surface area contributed by atoms with E-state index in [0.717, 1.165) is 37.3 Å². The number of halogens is 2. The predicted molar refractivity (Wildman–Crippen MR) is 101 cm³/mol. The molecule has 2 aromatic rings. The maximum absolute atomic E-state index is 12.3. The Bertz CT molecular complexity index is 797. The zero-order chi connectivity index (χ0) is 19.1. The summed E-state index contributed by atoms with van der Waals surface area (Å²) >= 11 is 0. The zero-order valence-electron chi connectivity index (χ0n) is 15.2. The van der Waals surface area contributed by atoms with Crippen LogP contribution >= 0.6 is 0 Å². The van der Waals surface area contributed by atoms with Crippen molar-refractivity contribution in [3.05, 3.63) is 59.2 Å². The molecule has 0 atom stereocenters. The Hall–Kier alpha value is -2.83. The first kappa shape index (κ1) is 18.9. The summed E-state index contributed by atoms with van der Waals surface area (Å²) in [6.07, 6.45) is 1.83. The third-order valence-electron chi connectivity index (χ3n) is 4.27. The average molecular weight is 375 g/mol. The van der Waals surface area contributed by atoms with E-state index in [9.17, 15) is 8.78 Å². The molecule has 0 fully saturated rings. The van der Waals surface area contributed by atoms with E-state index in [1.54, 1.807) is 19.2 Å². The van der Waals surface area contributed by atoms with Crippen LogP contribution in [0.3, 0.4) is 0 Å². The summed E-state index contributed by atoms with van der Waals surface area (Å²) < 4.78 is 34.5. The van der Waals surface area contributed by atoms with E-state index in [1.165, 1.54) is 17.2 Å². The smallest absolute Gasteiger partial charge is 0.387 e. The van der Waals surface area contributed by atoms with Gasteiger partial charge in [-0.2, -0.15) is 8.78 Å². The number of aliphatic imine (C=N–C) groups is 1. The highest BCUT2D eigenvalue weighted by Gasteiger charge is 2.11. The first-order valence-corrected chi connectivity index (χ1v) is 8.87. The third-order valence-corrected chi connectivity index (χ3v) is 4.27. The van der Waals surface area contributed by atoms with Crippen molar-refractivity contribution in [2.45, 2.75) is 26.0 Å². The van der Waals surface area contributed by atoms with Gasteiger partial charge in [0.05, 0.1) is 6.61 Å². The van der Waals surface area contributed by atoms with Crippen LogP contribution in [0.25, 0.3) is 0 Å². The molecular formula is C20H23F2N3O2. The SMILES string of the molecule is CN=C(NCCc1ccc2c(c1)CCO2)NCc1cccc(OC(F)F)c1. The summed E-state index contributed by atoms with van der Waals surface area (Å²) in [6, 6.07) is 12.9. The molecular weight excluding hydrogens is 352 g/mol. The molecule has 1 heterocycles. The Kier molecular flexibility index (Phi) is 6.46. The van der Waals surface area contributed by atoms with Crippen molar-refractivity contribution in [1.82, 2.24) is 10.6 Å². The van der Waals surface area contributed by atoms with Crippen LogP contribution in [0.4, 0.5) is 8.78 Å². The van der Waals surface area contributed by atoms with Gasteiger partial charge in [0.2, 0.25) is 0 Å². The van der Waals surface area contributed by atoms with Gasteiger partial charge in [-0.25, -0.2) is 0 Å². The first-order valence-electron chi connectivity index (χ1n) is 8.87. The molecule has 0 saturated carbocycles. The summed E-state index contributed by atoms with van der Waals surface area (Å²) in [4.78, 5) is 4.19. The molecule has 1 aliphatic heterocycles. The van der Waals surface area contributed by atoms with E-state index < -0.39 is 6.61 Å². The summed E-state index contributed by atoms with van der Waals surface area (Å²) in [5.41, 5.74) is 3.34. The van der Waals surface area contributed by atoms with Gasteiger partial charge in [0.25, 0.3) is 0 Å². The van der Waals surface area contributed by atoms with Crippen LogP contribution in [0.5, 0.6) is 11.5 Å². The predicted octanol–water partition coefficient (Wildman–Crippen LogP) is 3.13. The Morgan fingerprint density at radius 2 is 2.07 bits per heavy atom. The number of hydrogen-bond acceptors (Lipinski definition) is 3. The second kappa shape index (κ2) is 9.21. The van der Waals surface area contributed by atoms with Crippen molar-refractivity contribution in [3.8, 4) is 11.5 Å². The molecule has 3 rings (SSSR count). The van der Waals surface area contributed by atoms with Crippen molar-refractivity contribution < 1.29 is 18.3 Å². The van der Waals surface area contributed by atoms with Crippen LogP contribution in [0, 0.1) is 0 Å². The number of alkyl halides is 2. The van der Waals surface area contributed by atoms with Crippen LogP contribution in [0.2, 0.25) is 0 Å². The molecule has 0 unspecified atom stereocenters. The fourth-order valence-corrected chi connectivity index (χ4v) is 2.96. The van der Waals surface area contributed by atoms with E-state index in [1.807, 2.05) is 12.1 Å². The number of benzene rings is 2. The zero-order valence-corrected chi connectivity index (χ0v) is 15.2. The largest absolute Gasteiger partial charge is 0.493 e. The summed E-state index contributed by atoms with van der Waals surface area (Å²) in [7, 11) is 1.69. The number of fused-ring (bicyclic) bond motifs is 1. The Morgan fingerprint density at radius 1 is 1.19 bits per heavy atom. The Morgan fingerprint density at radius 3 is 2.89 bits per heavy atom. The lowest BCUT2D eigenvalue weighted by molar-refractivity contribution is -0.0498. The molecule has 0 aliphatic carbocycles. The highest BCUT2D eigenvalue weighted by atomic mass is 19.3. The molecule has 0 amide bonds. The molecule has 7 heteroatoms. The Labute approximate surface area is 157 Å². The van der Waals surface area contributed by atoms with Crippen molar-refractivity contribution >= 4 is 5.96 Å². The quantitative estimate of drug-likeness (QED) is 0.577. The number of ether oxygens (including phenoxy) is 2. The molecule has 0 radical (unpaired) electrons. The fourth-order valence-electron chi connectivity index (χ4n) is 2.96. The molecule has 144 valence electrons. The molecule has 5 nitrogen and oxygen atoms in total. The monoisotopic (exact) mass is 375 g/mol. The second-order valence-electron chi connectivity index (χ2n) is 6.17. The molecule has 0 saturated heterocycles. The maximum Gasteiger partial charge on any atom is 0.387 e. The lowest BCUT2D eigenvalue weighted by Crippen LogP contribution is -2.37. The molecule has 1 aliphatic rings. The van der Waals surface area contributed by atoms with Gasteiger partial charge in [0.1, 0.15) is 11.5 Å². The van der Waals surface area contributed by atoms with Crippen LogP contribution in [0.1, 0.15) is 16.7 Å². The molecule has 27 heavy (non-hydrogen) atoms. The minimum Gasteiger partial charge on any atom is -0.493 e. The molecule has 0 aromatic heterocycles. The number of rotatable bonds is 7. The van der Waals surface area contributed by atoms with Gasteiger partial charge in [-0.3, -0.25) is 4.99 Å². The van der Waals surface area contributed by atoms with Gasteiger partial charge < -0.3 is 20.1 Å². The standard InChI is InChI=1S/C20H23F2N3O2/c1-23-20(25-13-15-3-2-4-17(12-15)27-19(21)22)24-9-7-14-5-6-18-16(11-14)8-10-26-18/h2-6,11-12,19H,7-10,13H2,1H3,(H2,23,24,25). The molecule has 2 N–H and O–H groups in total. The number of nitrogens with one attached hydrogen (secondary N) is 2. The molecule has 0 bridgehead atoms.